The summed E-state index contributed by atoms with van der Waals surface area (Å²) in [5, 5.41) is 3.78. The van der Waals surface area contributed by atoms with Gasteiger partial charge in [-0.05, 0) is 24.1 Å². The highest BCUT2D eigenvalue weighted by atomic mass is 19.1. The molecule has 0 aliphatic heterocycles. The van der Waals surface area contributed by atoms with E-state index in [9.17, 15) is 4.39 Å². The van der Waals surface area contributed by atoms with Crippen LogP contribution in [0.4, 0.5) is 10.2 Å². The summed E-state index contributed by atoms with van der Waals surface area (Å²) in [6.07, 6.45) is 4.07. The van der Waals surface area contributed by atoms with Gasteiger partial charge in [-0.2, -0.15) is 0 Å². The van der Waals surface area contributed by atoms with Gasteiger partial charge in [-0.25, -0.2) is 4.39 Å². The van der Waals surface area contributed by atoms with Gasteiger partial charge in [-0.15, -0.1) is 0 Å². The van der Waals surface area contributed by atoms with Crippen molar-refractivity contribution in [1.29, 1.82) is 0 Å². The molecule has 3 nitrogen and oxygen atoms in total. The Kier molecular flexibility index (Phi) is 3.97. The maximum atomic E-state index is 13.2. The minimum atomic E-state index is -0.285. The predicted octanol–water partition coefficient (Wildman–Crippen LogP) is 3.80. The number of anilines is 1. The van der Waals surface area contributed by atoms with Gasteiger partial charge in [-0.3, -0.25) is 0 Å². The number of aromatic nitrogens is 1. The van der Waals surface area contributed by atoms with Crippen molar-refractivity contribution in [2.75, 3.05) is 5.73 Å². The largest absolute Gasteiger partial charge is 0.380 e. The van der Waals surface area contributed by atoms with E-state index in [0.717, 1.165) is 42.6 Å². The normalized spacial score (nSPS) is 10.8. The number of aryl methyl sites for hydroxylation is 1. The lowest BCUT2D eigenvalue weighted by molar-refractivity contribution is 0.382. The van der Waals surface area contributed by atoms with E-state index in [0.29, 0.717) is 5.82 Å². The second-order valence-electron chi connectivity index (χ2n) is 4.33. The molecule has 0 saturated carbocycles. The Morgan fingerprint density at radius 1 is 1.33 bits per heavy atom. The second kappa shape index (κ2) is 5.67. The number of nitrogens with zero attached hydrogens (tertiary/aromatic N) is 1. The lowest BCUT2D eigenvalue weighted by Crippen LogP contribution is -1.91. The molecule has 0 radical (unpaired) electrons. The number of unbranched alkanes of at least 4 members (excludes halogenated alkanes) is 2. The molecule has 1 aromatic heterocycles. The van der Waals surface area contributed by atoms with E-state index in [2.05, 4.69) is 12.1 Å². The van der Waals surface area contributed by atoms with Crippen molar-refractivity contribution in [3.63, 3.8) is 0 Å². The van der Waals surface area contributed by atoms with E-state index in [4.69, 9.17) is 10.3 Å². The van der Waals surface area contributed by atoms with E-state index >= 15 is 0 Å². The van der Waals surface area contributed by atoms with Crippen LogP contribution in [0.1, 0.15) is 31.9 Å². The molecule has 0 bridgehead atoms. The van der Waals surface area contributed by atoms with Gasteiger partial charge in [0.15, 0.2) is 5.82 Å². The maximum absolute atomic E-state index is 13.2. The van der Waals surface area contributed by atoms with Crippen molar-refractivity contribution >= 4 is 5.82 Å². The first-order valence-corrected chi connectivity index (χ1v) is 6.22. The van der Waals surface area contributed by atoms with Crippen LogP contribution in [0.15, 0.2) is 28.8 Å². The molecule has 0 saturated heterocycles. The molecule has 18 heavy (non-hydrogen) atoms. The fourth-order valence-corrected chi connectivity index (χ4v) is 2.00. The lowest BCUT2D eigenvalue weighted by Gasteiger charge is -2.02. The number of nitrogens with two attached hydrogens (primary N) is 1. The van der Waals surface area contributed by atoms with Crippen LogP contribution in [-0.4, -0.2) is 5.16 Å². The number of halogens is 1. The molecule has 96 valence electrons. The van der Waals surface area contributed by atoms with Crippen molar-refractivity contribution in [3.8, 4) is 11.1 Å². The topological polar surface area (TPSA) is 52.0 Å². The summed E-state index contributed by atoms with van der Waals surface area (Å²) in [6.45, 7) is 2.14. The van der Waals surface area contributed by atoms with E-state index in [1.807, 2.05) is 6.07 Å². The van der Waals surface area contributed by atoms with Crippen LogP contribution in [0.2, 0.25) is 0 Å². The van der Waals surface area contributed by atoms with E-state index in [1.165, 1.54) is 12.1 Å². The first-order valence-electron chi connectivity index (χ1n) is 6.22. The number of nitrogen functional groups attached to an aromatic ring is 1. The maximum Gasteiger partial charge on any atom is 0.175 e. The number of benzene rings is 1. The Morgan fingerprint density at radius 3 is 2.89 bits per heavy atom. The zero-order valence-electron chi connectivity index (χ0n) is 10.4. The van der Waals surface area contributed by atoms with Crippen LogP contribution in [0.25, 0.3) is 11.1 Å². The third kappa shape index (κ3) is 2.70. The third-order valence-corrected chi connectivity index (χ3v) is 2.91. The standard InChI is InChI=1S/C14H17FN2O/c1-2-3-4-8-12-13(14(16)17-18-12)10-6-5-7-11(15)9-10/h5-7,9H,2-4,8H2,1H3,(H2,16,17). The zero-order valence-corrected chi connectivity index (χ0v) is 10.4. The summed E-state index contributed by atoms with van der Waals surface area (Å²) in [5.74, 6) is 0.784. The van der Waals surface area contributed by atoms with Gasteiger partial charge in [0.25, 0.3) is 0 Å². The van der Waals surface area contributed by atoms with Gasteiger partial charge >= 0.3 is 0 Å². The molecular formula is C14H17FN2O. The van der Waals surface area contributed by atoms with Crippen LogP contribution >= 0.6 is 0 Å². The summed E-state index contributed by atoms with van der Waals surface area (Å²) >= 11 is 0. The quantitative estimate of drug-likeness (QED) is 0.819. The van der Waals surface area contributed by atoms with E-state index in [1.54, 1.807) is 6.07 Å². The molecule has 2 aromatic rings. The molecule has 0 spiro atoms. The molecular weight excluding hydrogens is 231 g/mol. The van der Waals surface area contributed by atoms with Crippen molar-refractivity contribution in [2.45, 2.75) is 32.6 Å². The monoisotopic (exact) mass is 248 g/mol. The van der Waals surface area contributed by atoms with Gasteiger partial charge in [0, 0.05) is 6.42 Å². The molecule has 1 heterocycles. The number of hydrogen-bond acceptors (Lipinski definition) is 3. The Bertz CT molecular complexity index is 522. The fourth-order valence-electron chi connectivity index (χ4n) is 2.00. The molecule has 0 unspecified atom stereocenters. The van der Waals surface area contributed by atoms with E-state index < -0.39 is 0 Å². The minimum Gasteiger partial charge on any atom is -0.380 e. The smallest absolute Gasteiger partial charge is 0.175 e. The molecule has 0 atom stereocenters. The summed E-state index contributed by atoms with van der Waals surface area (Å²) in [6, 6.07) is 6.33. The lowest BCUT2D eigenvalue weighted by atomic mass is 10.0. The van der Waals surface area contributed by atoms with Gasteiger partial charge < -0.3 is 10.3 Å². The van der Waals surface area contributed by atoms with Gasteiger partial charge in [-0.1, -0.05) is 37.1 Å². The minimum absolute atomic E-state index is 0.285. The Morgan fingerprint density at radius 2 is 2.17 bits per heavy atom. The molecule has 0 fully saturated rings. The van der Waals surface area contributed by atoms with Crippen molar-refractivity contribution in [1.82, 2.24) is 5.16 Å². The first kappa shape index (κ1) is 12.6. The SMILES string of the molecule is CCCCCc1onc(N)c1-c1cccc(F)c1. The molecule has 0 aliphatic carbocycles. The zero-order chi connectivity index (χ0) is 13.0. The van der Waals surface area contributed by atoms with E-state index in [-0.39, 0.29) is 5.82 Å². The van der Waals surface area contributed by atoms with Crippen LogP contribution < -0.4 is 5.73 Å². The molecule has 0 amide bonds. The Labute approximate surface area is 106 Å². The van der Waals surface area contributed by atoms with Gasteiger partial charge in [0.1, 0.15) is 11.6 Å². The number of hydrogen-bond donors (Lipinski definition) is 1. The summed E-state index contributed by atoms with van der Waals surface area (Å²) in [5.41, 5.74) is 7.25. The summed E-state index contributed by atoms with van der Waals surface area (Å²) in [4.78, 5) is 0. The summed E-state index contributed by atoms with van der Waals surface area (Å²) < 4.78 is 18.5. The van der Waals surface area contributed by atoms with Crippen LogP contribution in [-0.2, 0) is 6.42 Å². The van der Waals surface area contributed by atoms with Crippen LogP contribution in [0.5, 0.6) is 0 Å². The highest BCUT2D eigenvalue weighted by Gasteiger charge is 2.15. The Balaban J connectivity index is 2.29. The molecule has 0 aliphatic rings. The average Bonchev–Trinajstić information content (AvgIpc) is 2.71. The highest BCUT2D eigenvalue weighted by Crippen LogP contribution is 2.30. The molecule has 2 N–H and O–H groups in total. The van der Waals surface area contributed by atoms with Crippen molar-refractivity contribution in [2.24, 2.45) is 0 Å². The third-order valence-electron chi connectivity index (χ3n) is 2.91. The fraction of sp³-hybridized carbons (Fsp3) is 0.357. The first-order chi connectivity index (χ1) is 8.72. The average molecular weight is 248 g/mol. The number of rotatable bonds is 5. The Hall–Kier alpha value is -1.84. The van der Waals surface area contributed by atoms with Crippen LogP contribution in [0, 0.1) is 5.82 Å². The van der Waals surface area contributed by atoms with Gasteiger partial charge in [0.05, 0.1) is 5.56 Å². The molecule has 1 aromatic carbocycles. The van der Waals surface area contributed by atoms with Crippen molar-refractivity contribution < 1.29 is 8.91 Å². The summed E-state index contributed by atoms with van der Waals surface area (Å²) in [7, 11) is 0. The van der Waals surface area contributed by atoms with Crippen molar-refractivity contribution in [3.05, 3.63) is 35.8 Å². The predicted molar refractivity (Wildman–Crippen MR) is 69.5 cm³/mol. The molecule has 4 heteroatoms. The highest BCUT2D eigenvalue weighted by molar-refractivity contribution is 5.75. The van der Waals surface area contributed by atoms with Gasteiger partial charge in [0.2, 0.25) is 0 Å². The van der Waals surface area contributed by atoms with Crippen LogP contribution in [0.3, 0.4) is 0 Å². The molecule has 2 rings (SSSR count). The second-order valence-corrected chi connectivity index (χ2v) is 4.33.